The van der Waals surface area contributed by atoms with Crippen molar-refractivity contribution in [2.75, 3.05) is 6.54 Å². The standard InChI is InChI=1S/C14H19BrFN/c1-3-17-14(12-6-9(12)2)7-10-4-5-11(15)8-13(10)16/h4-5,8-9,12,14,17H,3,6-7H2,1-2H3. The average Bonchev–Trinajstić information content (AvgIpc) is 2.98. The van der Waals surface area contributed by atoms with Crippen molar-refractivity contribution in [1.82, 2.24) is 5.32 Å². The van der Waals surface area contributed by atoms with E-state index in [1.807, 2.05) is 12.1 Å². The van der Waals surface area contributed by atoms with Crippen LogP contribution in [0.2, 0.25) is 0 Å². The minimum absolute atomic E-state index is 0.101. The van der Waals surface area contributed by atoms with E-state index in [1.165, 1.54) is 6.42 Å². The zero-order valence-electron chi connectivity index (χ0n) is 10.3. The van der Waals surface area contributed by atoms with Gasteiger partial charge in [0.2, 0.25) is 0 Å². The molecule has 0 amide bonds. The molecule has 1 aliphatic rings. The summed E-state index contributed by atoms with van der Waals surface area (Å²) < 4.78 is 14.6. The van der Waals surface area contributed by atoms with Crippen LogP contribution in [0, 0.1) is 17.7 Å². The quantitative estimate of drug-likeness (QED) is 0.873. The zero-order valence-corrected chi connectivity index (χ0v) is 11.9. The minimum atomic E-state index is -0.101. The van der Waals surface area contributed by atoms with E-state index in [-0.39, 0.29) is 5.82 Å². The Labute approximate surface area is 111 Å². The van der Waals surface area contributed by atoms with Gasteiger partial charge in [-0.1, -0.05) is 35.8 Å². The second-order valence-electron chi connectivity index (χ2n) is 4.98. The molecule has 1 nitrogen and oxygen atoms in total. The summed E-state index contributed by atoms with van der Waals surface area (Å²) in [6.07, 6.45) is 2.07. The fraction of sp³-hybridized carbons (Fsp3) is 0.571. The van der Waals surface area contributed by atoms with Gasteiger partial charge in [-0.3, -0.25) is 0 Å². The topological polar surface area (TPSA) is 12.0 Å². The van der Waals surface area contributed by atoms with E-state index in [0.29, 0.717) is 6.04 Å². The normalized spacial score (nSPS) is 24.7. The summed E-state index contributed by atoms with van der Waals surface area (Å²) in [5, 5.41) is 3.49. The molecule has 3 atom stereocenters. The Bertz CT molecular complexity index is 394. The molecular weight excluding hydrogens is 281 g/mol. The SMILES string of the molecule is CCNC(Cc1ccc(Br)cc1F)C1CC1C. The fourth-order valence-electron chi connectivity index (χ4n) is 2.47. The lowest BCUT2D eigenvalue weighted by molar-refractivity contribution is 0.446. The third-order valence-corrected chi connectivity index (χ3v) is 4.10. The molecule has 1 saturated carbocycles. The van der Waals surface area contributed by atoms with Crippen molar-refractivity contribution in [2.45, 2.75) is 32.7 Å². The number of benzene rings is 1. The number of hydrogen-bond acceptors (Lipinski definition) is 1. The van der Waals surface area contributed by atoms with Crippen LogP contribution < -0.4 is 5.32 Å². The molecule has 0 aromatic heterocycles. The number of likely N-dealkylation sites (N-methyl/N-ethyl adjacent to an activating group) is 1. The first kappa shape index (κ1) is 13.0. The highest BCUT2D eigenvalue weighted by atomic mass is 79.9. The Kier molecular flexibility index (Phi) is 4.21. The van der Waals surface area contributed by atoms with Gasteiger partial charge >= 0.3 is 0 Å². The van der Waals surface area contributed by atoms with Gasteiger partial charge in [0.25, 0.3) is 0 Å². The summed E-state index contributed by atoms with van der Waals surface area (Å²) in [5.74, 6) is 1.41. The number of nitrogens with one attached hydrogen (secondary N) is 1. The Morgan fingerprint density at radius 2 is 2.24 bits per heavy atom. The number of halogens is 2. The molecule has 1 aromatic carbocycles. The van der Waals surface area contributed by atoms with Crippen molar-refractivity contribution in [3.05, 3.63) is 34.1 Å². The molecule has 2 rings (SSSR count). The minimum Gasteiger partial charge on any atom is -0.314 e. The van der Waals surface area contributed by atoms with E-state index in [0.717, 1.165) is 34.8 Å². The fourth-order valence-corrected chi connectivity index (χ4v) is 2.81. The zero-order chi connectivity index (χ0) is 12.4. The first-order valence-corrected chi connectivity index (χ1v) is 7.08. The van der Waals surface area contributed by atoms with Crippen LogP contribution in [0.25, 0.3) is 0 Å². The van der Waals surface area contributed by atoms with Crippen molar-refractivity contribution in [2.24, 2.45) is 11.8 Å². The van der Waals surface area contributed by atoms with Gasteiger partial charge < -0.3 is 5.32 Å². The largest absolute Gasteiger partial charge is 0.314 e. The molecule has 0 radical (unpaired) electrons. The molecule has 0 heterocycles. The maximum atomic E-state index is 13.8. The van der Waals surface area contributed by atoms with Crippen molar-refractivity contribution >= 4 is 15.9 Å². The third kappa shape index (κ3) is 3.29. The summed E-state index contributed by atoms with van der Waals surface area (Å²) in [5.41, 5.74) is 0.818. The summed E-state index contributed by atoms with van der Waals surface area (Å²) >= 11 is 3.29. The maximum Gasteiger partial charge on any atom is 0.127 e. The van der Waals surface area contributed by atoms with Crippen LogP contribution >= 0.6 is 15.9 Å². The van der Waals surface area contributed by atoms with Crippen molar-refractivity contribution in [3.63, 3.8) is 0 Å². The Balaban J connectivity index is 2.06. The van der Waals surface area contributed by atoms with Gasteiger partial charge in [0, 0.05) is 10.5 Å². The molecule has 94 valence electrons. The van der Waals surface area contributed by atoms with Gasteiger partial charge in [-0.15, -0.1) is 0 Å². The van der Waals surface area contributed by atoms with Crippen molar-refractivity contribution in [3.8, 4) is 0 Å². The van der Waals surface area contributed by atoms with Gasteiger partial charge in [0.15, 0.2) is 0 Å². The Hall–Kier alpha value is -0.410. The highest BCUT2D eigenvalue weighted by molar-refractivity contribution is 9.10. The highest BCUT2D eigenvalue weighted by Gasteiger charge is 2.39. The third-order valence-electron chi connectivity index (χ3n) is 3.61. The highest BCUT2D eigenvalue weighted by Crippen LogP contribution is 2.41. The Morgan fingerprint density at radius 3 is 2.76 bits per heavy atom. The maximum absolute atomic E-state index is 13.8. The van der Waals surface area contributed by atoms with Crippen molar-refractivity contribution in [1.29, 1.82) is 0 Å². The lowest BCUT2D eigenvalue weighted by Gasteiger charge is -2.18. The van der Waals surface area contributed by atoms with E-state index < -0.39 is 0 Å². The van der Waals surface area contributed by atoms with Crippen LogP contribution in [0.3, 0.4) is 0 Å². The van der Waals surface area contributed by atoms with E-state index in [1.54, 1.807) is 6.07 Å². The van der Waals surface area contributed by atoms with Gasteiger partial charge in [0.05, 0.1) is 0 Å². The predicted molar refractivity (Wildman–Crippen MR) is 72.5 cm³/mol. The van der Waals surface area contributed by atoms with E-state index in [4.69, 9.17) is 0 Å². The molecule has 0 saturated heterocycles. The molecule has 0 spiro atoms. The molecule has 1 aromatic rings. The van der Waals surface area contributed by atoms with Crippen LogP contribution in [0.4, 0.5) is 4.39 Å². The monoisotopic (exact) mass is 299 g/mol. The second kappa shape index (κ2) is 5.49. The Morgan fingerprint density at radius 1 is 1.53 bits per heavy atom. The number of hydrogen-bond donors (Lipinski definition) is 1. The summed E-state index contributed by atoms with van der Waals surface area (Å²) in [7, 11) is 0. The first-order chi connectivity index (χ1) is 8.11. The van der Waals surface area contributed by atoms with E-state index >= 15 is 0 Å². The molecule has 1 aliphatic carbocycles. The van der Waals surface area contributed by atoms with Crippen LogP contribution in [-0.4, -0.2) is 12.6 Å². The summed E-state index contributed by atoms with van der Waals surface area (Å²) in [6.45, 7) is 5.33. The van der Waals surface area contributed by atoms with Gasteiger partial charge in [-0.05, 0) is 48.9 Å². The average molecular weight is 300 g/mol. The molecule has 1 fully saturated rings. The first-order valence-electron chi connectivity index (χ1n) is 6.29. The number of rotatable bonds is 5. The van der Waals surface area contributed by atoms with Crippen LogP contribution in [0.1, 0.15) is 25.8 Å². The lowest BCUT2D eigenvalue weighted by Crippen LogP contribution is -2.33. The molecule has 0 aliphatic heterocycles. The molecular formula is C14H19BrFN. The summed E-state index contributed by atoms with van der Waals surface area (Å²) in [4.78, 5) is 0. The van der Waals surface area contributed by atoms with Crippen LogP contribution in [0.15, 0.2) is 22.7 Å². The molecule has 1 N–H and O–H groups in total. The van der Waals surface area contributed by atoms with E-state index in [9.17, 15) is 4.39 Å². The molecule has 17 heavy (non-hydrogen) atoms. The predicted octanol–water partition coefficient (Wildman–Crippen LogP) is 3.76. The van der Waals surface area contributed by atoms with Gasteiger partial charge in [-0.25, -0.2) is 4.39 Å². The van der Waals surface area contributed by atoms with E-state index in [2.05, 4.69) is 35.1 Å². The van der Waals surface area contributed by atoms with Gasteiger partial charge in [-0.2, -0.15) is 0 Å². The van der Waals surface area contributed by atoms with Gasteiger partial charge in [0.1, 0.15) is 5.82 Å². The smallest absolute Gasteiger partial charge is 0.127 e. The second-order valence-corrected chi connectivity index (χ2v) is 5.90. The molecule has 0 bridgehead atoms. The van der Waals surface area contributed by atoms with Crippen LogP contribution in [-0.2, 0) is 6.42 Å². The summed E-state index contributed by atoms with van der Waals surface area (Å²) in [6, 6.07) is 5.77. The van der Waals surface area contributed by atoms with Crippen molar-refractivity contribution < 1.29 is 4.39 Å². The van der Waals surface area contributed by atoms with Crippen LogP contribution in [0.5, 0.6) is 0 Å². The lowest BCUT2D eigenvalue weighted by atomic mass is 10.0. The molecule has 3 heteroatoms. The molecule has 3 unspecified atom stereocenters.